The van der Waals surface area contributed by atoms with Crippen LogP contribution in [0.5, 0.6) is 0 Å². The van der Waals surface area contributed by atoms with Crippen molar-refractivity contribution in [1.82, 2.24) is 0 Å². The lowest BCUT2D eigenvalue weighted by atomic mass is 10.00. The van der Waals surface area contributed by atoms with Crippen molar-refractivity contribution >= 4 is 51.0 Å². The van der Waals surface area contributed by atoms with Crippen LogP contribution in [0.25, 0.3) is 16.8 Å². The van der Waals surface area contributed by atoms with Crippen LogP contribution in [0.2, 0.25) is 0 Å². The van der Waals surface area contributed by atoms with Crippen LogP contribution in [-0.4, -0.2) is 0 Å². The molecule has 42 heavy (non-hydrogen) atoms. The van der Waals surface area contributed by atoms with Crippen LogP contribution < -0.4 is 9.80 Å². The molecule has 0 amide bonds. The van der Waals surface area contributed by atoms with Gasteiger partial charge in [-0.25, -0.2) is 0 Å². The maximum Gasteiger partial charge on any atom is 0.0540 e. The van der Waals surface area contributed by atoms with E-state index in [-0.39, 0.29) is 0 Å². The first kappa shape index (κ1) is 27.1. The molecule has 0 unspecified atom stereocenters. The predicted molar refractivity (Wildman–Crippen MR) is 182 cm³/mol. The van der Waals surface area contributed by atoms with Gasteiger partial charge in [-0.3, -0.25) is 0 Å². The molecule has 0 aliphatic heterocycles. The molecule has 0 atom stereocenters. The minimum absolute atomic E-state index is 0.970. The third-order valence-electron chi connectivity index (χ3n) is 7.73. The number of para-hydroxylation sites is 2. The van der Waals surface area contributed by atoms with Gasteiger partial charge in [0.25, 0.3) is 0 Å². The summed E-state index contributed by atoms with van der Waals surface area (Å²) >= 11 is 0. The van der Waals surface area contributed by atoms with E-state index >= 15 is 0 Å². The summed E-state index contributed by atoms with van der Waals surface area (Å²) in [6, 6.07) is 50.1. The normalized spacial score (nSPS) is 11.2. The third-order valence-corrected chi connectivity index (χ3v) is 7.73. The van der Waals surface area contributed by atoms with Crippen LogP contribution in [0.15, 0.2) is 146 Å². The van der Waals surface area contributed by atoms with E-state index < -0.39 is 0 Å². The smallest absolute Gasteiger partial charge is 0.0540 e. The van der Waals surface area contributed by atoms with Crippen molar-refractivity contribution in [2.75, 3.05) is 9.80 Å². The van der Waals surface area contributed by atoms with Crippen molar-refractivity contribution in [3.05, 3.63) is 162 Å². The van der Waals surface area contributed by atoms with E-state index in [4.69, 9.17) is 0 Å². The third kappa shape index (κ3) is 5.32. The van der Waals surface area contributed by atoms with Gasteiger partial charge in [-0.2, -0.15) is 0 Å². The predicted octanol–water partition coefficient (Wildman–Crippen LogP) is 11.7. The SMILES string of the molecule is C/C=C\c1c(CC)cccc1N(c1ccccc1)c1cc(C)cc(N(c2ccccc2)c2cccc3ccccc23)c1. The Morgan fingerprint density at radius 2 is 1.10 bits per heavy atom. The van der Waals surface area contributed by atoms with Crippen molar-refractivity contribution in [2.24, 2.45) is 0 Å². The van der Waals surface area contributed by atoms with E-state index in [0.717, 1.165) is 34.9 Å². The Morgan fingerprint density at radius 3 is 1.74 bits per heavy atom. The molecule has 2 heteroatoms. The molecule has 6 aromatic rings. The van der Waals surface area contributed by atoms with Gasteiger partial charge in [0.15, 0.2) is 0 Å². The molecule has 6 rings (SSSR count). The van der Waals surface area contributed by atoms with E-state index in [0.29, 0.717) is 0 Å². The Hall–Kier alpha value is -5.08. The van der Waals surface area contributed by atoms with Gasteiger partial charge >= 0.3 is 0 Å². The first-order valence-corrected chi connectivity index (χ1v) is 14.7. The minimum Gasteiger partial charge on any atom is -0.310 e. The van der Waals surface area contributed by atoms with E-state index in [1.165, 1.54) is 33.2 Å². The zero-order valence-electron chi connectivity index (χ0n) is 24.5. The quantitative estimate of drug-likeness (QED) is 0.188. The van der Waals surface area contributed by atoms with Gasteiger partial charge in [0.05, 0.1) is 11.4 Å². The average Bonchev–Trinajstić information content (AvgIpc) is 3.03. The first-order chi connectivity index (χ1) is 20.7. The van der Waals surface area contributed by atoms with Crippen molar-refractivity contribution in [2.45, 2.75) is 27.2 Å². The first-order valence-electron chi connectivity index (χ1n) is 14.7. The second kappa shape index (κ2) is 12.2. The van der Waals surface area contributed by atoms with Crippen molar-refractivity contribution in [3.63, 3.8) is 0 Å². The van der Waals surface area contributed by atoms with Crippen LogP contribution in [0.1, 0.15) is 30.5 Å². The van der Waals surface area contributed by atoms with Crippen LogP contribution >= 0.6 is 0 Å². The fourth-order valence-electron chi connectivity index (χ4n) is 5.87. The highest BCUT2D eigenvalue weighted by Gasteiger charge is 2.21. The van der Waals surface area contributed by atoms with E-state index in [1.807, 2.05) is 0 Å². The number of aryl methyl sites for hydroxylation is 2. The molecule has 0 saturated carbocycles. The summed E-state index contributed by atoms with van der Waals surface area (Å²) in [5.41, 5.74) is 10.6. The Morgan fingerprint density at radius 1 is 0.548 bits per heavy atom. The van der Waals surface area contributed by atoms with Gasteiger partial charge in [-0.1, -0.05) is 104 Å². The van der Waals surface area contributed by atoms with Gasteiger partial charge in [0, 0.05) is 33.7 Å². The number of rotatable bonds is 8. The Kier molecular flexibility index (Phi) is 7.87. The van der Waals surface area contributed by atoms with Crippen molar-refractivity contribution in [1.29, 1.82) is 0 Å². The maximum absolute atomic E-state index is 2.40. The summed E-state index contributed by atoms with van der Waals surface area (Å²) < 4.78 is 0. The van der Waals surface area contributed by atoms with E-state index in [2.05, 4.69) is 182 Å². The lowest BCUT2D eigenvalue weighted by molar-refractivity contribution is 1.12. The summed E-state index contributed by atoms with van der Waals surface area (Å²) in [6.45, 7) is 6.51. The molecule has 0 heterocycles. The molecule has 0 saturated heterocycles. The monoisotopic (exact) mass is 544 g/mol. The standard InChI is InChI=1S/C40H36N2/c1-4-16-37-31(5-2)18-14-25-39(37)41(33-20-8-6-9-21-33)35-27-30(3)28-36(29-35)42(34-22-10-7-11-23-34)40-26-15-19-32-17-12-13-24-38(32)40/h4,6-29H,5H2,1-3H3/b16-4-. The zero-order valence-corrected chi connectivity index (χ0v) is 24.5. The lowest BCUT2D eigenvalue weighted by Crippen LogP contribution is -2.15. The maximum atomic E-state index is 2.40. The van der Waals surface area contributed by atoms with Gasteiger partial charge in [0.1, 0.15) is 0 Å². The second-order valence-electron chi connectivity index (χ2n) is 10.6. The number of hydrogen-bond donors (Lipinski definition) is 0. The molecule has 0 aromatic heterocycles. The number of benzene rings is 6. The van der Waals surface area contributed by atoms with Crippen molar-refractivity contribution in [3.8, 4) is 0 Å². The molecular formula is C40H36N2. The Balaban J connectivity index is 1.61. The molecule has 0 aliphatic carbocycles. The molecule has 0 N–H and O–H groups in total. The molecule has 0 spiro atoms. The Bertz CT molecular complexity index is 1830. The summed E-state index contributed by atoms with van der Waals surface area (Å²) in [4.78, 5) is 4.79. The Labute approximate surface area is 249 Å². The minimum atomic E-state index is 0.970. The molecule has 2 nitrogen and oxygen atoms in total. The van der Waals surface area contributed by atoms with Crippen LogP contribution in [0, 0.1) is 6.92 Å². The summed E-state index contributed by atoms with van der Waals surface area (Å²) in [5.74, 6) is 0. The number of fused-ring (bicyclic) bond motifs is 1. The molecule has 6 aromatic carbocycles. The highest BCUT2D eigenvalue weighted by atomic mass is 15.2. The fraction of sp³-hybridized carbons (Fsp3) is 0.100. The zero-order chi connectivity index (χ0) is 28.9. The molecule has 0 fully saturated rings. The number of anilines is 6. The fourth-order valence-corrected chi connectivity index (χ4v) is 5.87. The molecule has 0 bridgehead atoms. The second-order valence-corrected chi connectivity index (χ2v) is 10.6. The molecule has 206 valence electrons. The van der Waals surface area contributed by atoms with Crippen molar-refractivity contribution < 1.29 is 0 Å². The molecule has 0 radical (unpaired) electrons. The van der Waals surface area contributed by atoms with E-state index in [9.17, 15) is 0 Å². The number of nitrogens with zero attached hydrogens (tertiary/aromatic N) is 2. The largest absolute Gasteiger partial charge is 0.310 e. The average molecular weight is 545 g/mol. The highest BCUT2D eigenvalue weighted by Crippen LogP contribution is 2.44. The number of allylic oxidation sites excluding steroid dienone is 1. The van der Waals surface area contributed by atoms with E-state index in [1.54, 1.807) is 0 Å². The van der Waals surface area contributed by atoms with Crippen LogP contribution in [0.3, 0.4) is 0 Å². The number of hydrogen-bond acceptors (Lipinski definition) is 2. The summed E-state index contributed by atoms with van der Waals surface area (Å²) in [6.07, 6.45) is 5.35. The topological polar surface area (TPSA) is 6.48 Å². The van der Waals surface area contributed by atoms with Gasteiger partial charge in [-0.15, -0.1) is 0 Å². The summed E-state index contributed by atoms with van der Waals surface area (Å²) in [7, 11) is 0. The van der Waals surface area contributed by atoms with Crippen LogP contribution in [0.4, 0.5) is 34.1 Å². The van der Waals surface area contributed by atoms with Gasteiger partial charge < -0.3 is 9.80 Å². The molecule has 0 aliphatic rings. The highest BCUT2D eigenvalue weighted by molar-refractivity contribution is 5.99. The lowest BCUT2D eigenvalue weighted by Gasteiger charge is -2.31. The van der Waals surface area contributed by atoms with Crippen LogP contribution in [-0.2, 0) is 6.42 Å². The van der Waals surface area contributed by atoms with Gasteiger partial charge in [-0.05, 0) is 91.4 Å². The van der Waals surface area contributed by atoms with Gasteiger partial charge in [0.2, 0.25) is 0 Å². The molecular weight excluding hydrogens is 508 g/mol. The summed E-state index contributed by atoms with van der Waals surface area (Å²) in [5, 5.41) is 2.44.